The quantitative estimate of drug-likeness (QED) is 0.255. The second-order valence-corrected chi connectivity index (χ2v) is 11.5. The van der Waals surface area contributed by atoms with E-state index in [0.29, 0.717) is 11.5 Å². The number of halogens is 1. The molecule has 0 bridgehead atoms. The summed E-state index contributed by atoms with van der Waals surface area (Å²) in [7, 11) is -3.27. The lowest BCUT2D eigenvalue weighted by Gasteiger charge is -2.24. The van der Waals surface area contributed by atoms with E-state index >= 15 is 4.39 Å². The van der Waals surface area contributed by atoms with E-state index in [1.807, 2.05) is 0 Å². The molecular weight excluding hydrogens is 608 g/mol. The monoisotopic (exact) mass is 633 g/mol. The van der Waals surface area contributed by atoms with Crippen molar-refractivity contribution in [1.82, 2.24) is 19.5 Å². The molecule has 0 radical (unpaired) electrons. The number of anilines is 1. The number of alkyl halides is 1. The lowest BCUT2D eigenvalue weighted by molar-refractivity contribution is -0.0556. The highest BCUT2D eigenvalue weighted by atomic mass is 31.2. The molecule has 4 aromatic rings. The minimum Gasteiger partial charge on any atom is -0.479 e. The van der Waals surface area contributed by atoms with Crippen LogP contribution in [0.1, 0.15) is 13.2 Å². The van der Waals surface area contributed by atoms with Gasteiger partial charge in [0.2, 0.25) is 36.9 Å². The number of ether oxygens (including phenoxy) is 6. The third-order valence-electron chi connectivity index (χ3n) is 7.11. The van der Waals surface area contributed by atoms with Crippen molar-refractivity contribution in [3.63, 3.8) is 0 Å². The number of phosphoric ester groups is 1. The number of para-hydroxylation sites is 2. The Bertz CT molecular complexity index is 1730. The summed E-state index contributed by atoms with van der Waals surface area (Å²) < 4.78 is 81.6. The van der Waals surface area contributed by atoms with Crippen LogP contribution in [0.4, 0.5) is 10.3 Å². The van der Waals surface area contributed by atoms with Crippen LogP contribution in [0, 0.1) is 0 Å². The Morgan fingerprint density at radius 3 is 2.32 bits per heavy atom. The highest BCUT2D eigenvalue weighted by Gasteiger charge is 2.56. The Morgan fingerprint density at radius 2 is 1.70 bits per heavy atom. The summed E-state index contributed by atoms with van der Waals surface area (Å²) in [6.07, 6.45) is -3.33. The van der Waals surface area contributed by atoms with Crippen LogP contribution in [0.2, 0.25) is 0 Å². The van der Waals surface area contributed by atoms with Crippen molar-refractivity contribution in [1.29, 1.82) is 0 Å². The normalized spacial score (nSPS) is 23.7. The van der Waals surface area contributed by atoms with Crippen molar-refractivity contribution < 1.29 is 56.1 Å². The largest absolute Gasteiger partial charge is 0.587 e. The number of benzene rings is 2. The molecule has 0 aliphatic carbocycles. The van der Waals surface area contributed by atoms with E-state index in [0.717, 1.165) is 6.92 Å². The van der Waals surface area contributed by atoms with E-state index in [-0.39, 0.29) is 59.6 Å². The SMILES string of the molecule is COc1nc(N)nc2c1ncn2[C@@H]1O[C@H](COP(=O)(Oc2cccc3c2OCO3)Oc2cccc3c2OCO3)[C@@H](O)[C@@]1(C)F. The zero-order valence-corrected chi connectivity index (χ0v) is 24.0. The highest BCUT2D eigenvalue weighted by Crippen LogP contribution is 2.57. The van der Waals surface area contributed by atoms with Gasteiger partial charge in [-0.2, -0.15) is 9.97 Å². The van der Waals surface area contributed by atoms with Gasteiger partial charge in [-0.1, -0.05) is 12.1 Å². The zero-order valence-electron chi connectivity index (χ0n) is 23.1. The Hall–Kier alpha value is -4.57. The van der Waals surface area contributed by atoms with E-state index < -0.39 is 38.5 Å². The van der Waals surface area contributed by atoms with E-state index in [2.05, 4.69) is 15.0 Å². The number of imidazole rings is 1. The molecule has 18 heteroatoms. The summed E-state index contributed by atoms with van der Waals surface area (Å²) in [4.78, 5) is 12.3. The molecule has 0 unspecified atom stereocenters. The van der Waals surface area contributed by atoms with Gasteiger partial charge < -0.3 is 48.3 Å². The molecule has 16 nitrogen and oxygen atoms in total. The van der Waals surface area contributed by atoms with Crippen molar-refractivity contribution >= 4 is 24.9 Å². The fourth-order valence-electron chi connectivity index (χ4n) is 5.00. The summed E-state index contributed by atoms with van der Waals surface area (Å²) in [6, 6.07) is 9.40. The van der Waals surface area contributed by atoms with E-state index in [9.17, 15) is 9.67 Å². The number of aliphatic hydroxyl groups excluding tert-OH is 1. The van der Waals surface area contributed by atoms with Gasteiger partial charge >= 0.3 is 7.82 Å². The molecule has 0 amide bonds. The van der Waals surface area contributed by atoms with E-state index in [1.165, 1.54) is 30.1 Å². The van der Waals surface area contributed by atoms with Crippen molar-refractivity contribution in [3.05, 3.63) is 42.7 Å². The summed E-state index contributed by atoms with van der Waals surface area (Å²) in [5, 5.41) is 11.0. The number of aromatic nitrogens is 4. The molecule has 44 heavy (non-hydrogen) atoms. The smallest absolute Gasteiger partial charge is 0.479 e. The van der Waals surface area contributed by atoms with E-state index in [1.54, 1.807) is 24.3 Å². The minimum atomic E-state index is -4.64. The van der Waals surface area contributed by atoms with E-state index in [4.69, 9.17) is 47.7 Å². The lowest BCUT2D eigenvalue weighted by Crippen LogP contribution is -2.40. The first kappa shape index (κ1) is 28.2. The number of nitrogens with zero attached hydrogens (tertiary/aromatic N) is 4. The Kier molecular flexibility index (Phi) is 6.77. The third-order valence-corrected chi connectivity index (χ3v) is 8.41. The van der Waals surface area contributed by atoms with Crippen LogP contribution in [0.3, 0.4) is 0 Å². The summed E-state index contributed by atoms with van der Waals surface area (Å²) in [5.41, 5.74) is 3.70. The summed E-state index contributed by atoms with van der Waals surface area (Å²) in [6.45, 7) is 0.337. The number of aliphatic hydroxyl groups is 1. The van der Waals surface area contributed by atoms with Crippen molar-refractivity contribution in [2.75, 3.05) is 33.0 Å². The minimum absolute atomic E-state index is 0.00900. The zero-order chi connectivity index (χ0) is 30.6. The Morgan fingerprint density at radius 1 is 1.07 bits per heavy atom. The van der Waals surface area contributed by atoms with Gasteiger partial charge in [0.05, 0.1) is 20.0 Å². The maximum Gasteiger partial charge on any atom is 0.587 e. The predicted molar refractivity (Wildman–Crippen MR) is 146 cm³/mol. The molecule has 7 rings (SSSR count). The first-order valence-electron chi connectivity index (χ1n) is 13.1. The number of nitrogens with two attached hydrogens (primary N) is 1. The van der Waals surface area contributed by atoms with Crippen LogP contribution < -0.4 is 38.5 Å². The van der Waals surface area contributed by atoms with Gasteiger partial charge in [0.25, 0.3) is 0 Å². The maximum absolute atomic E-state index is 16.1. The number of phosphoric acid groups is 1. The maximum atomic E-state index is 16.1. The van der Waals surface area contributed by atoms with Crippen LogP contribution in [-0.4, -0.2) is 69.8 Å². The number of methoxy groups -OCH3 is 1. The van der Waals surface area contributed by atoms with Gasteiger partial charge in [-0.05, 0) is 31.2 Å². The van der Waals surface area contributed by atoms with Crippen LogP contribution >= 0.6 is 7.82 Å². The molecule has 1 saturated heterocycles. The molecule has 3 aliphatic rings. The molecule has 3 aliphatic heterocycles. The first-order chi connectivity index (χ1) is 21.2. The molecule has 0 spiro atoms. The number of hydrogen-bond acceptors (Lipinski definition) is 15. The first-order valence-corrected chi connectivity index (χ1v) is 14.6. The number of hydrogen-bond donors (Lipinski definition) is 2. The molecule has 0 saturated carbocycles. The molecule has 2 aromatic heterocycles. The average Bonchev–Trinajstić information content (AvgIpc) is 3.79. The summed E-state index contributed by atoms with van der Waals surface area (Å²) >= 11 is 0. The van der Waals surface area contributed by atoms with Gasteiger partial charge in [0.1, 0.15) is 12.2 Å². The molecule has 3 N–H and O–H groups in total. The fourth-order valence-corrected chi connectivity index (χ4v) is 6.24. The molecule has 5 heterocycles. The van der Waals surface area contributed by atoms with Gasteiger partial charge in [0.15, 0.2) is 46.1 Å². The fraction of sp³-hybridized carbons (Fsp3) is 0.346. The molecular formula is C26H25FN5O11P. The predicted octanol–water partition coefficient (Wildman–Crippen LogP) is 3.14. The van der Waals surface area contributed by atoms with Crippen LogP contribution in [-0.2, 0) is 13.8 Å². The van der Waals surface area contributed by atoms with Gasteiger partial charge in [-0.3, -0.25) is 9.09 Å². The van der Waals surface area contributed by atoms with Gasteiger partial charge in [-0.25, -0.2) is 13.9 Å². The topological polar surface area (TPSA) is 190 Å². The molecule has 1 fully saturated rings. The second kappa shape index (κ2) is 10.6. The van der Waals surface area contributed by atoms with Crippen LogP contribution in [0.15, 0.2) is 42.7 Å². The number of fused-ring (bicyclic) bond motifs is 3. The van der Waals surface area contributed by atoms with Crippen molar-refractivity contribution in [3.8, 4) is 40.4 Å². The Labute approximate surface area is 247 Å². The molecule has 2 aromatic carbocycles. The van der Waals surface area contributed by atoms with Crippen molar-refractivity contribution in [2.24, 2.45) is 0 Å². The summed E-state index contributed by atoms with van der Waals surface area (Å²) in [5.74, 6) is 0.967. The van der Waals surface area contributed by atoms with Crippen LogP contribution in [0.25, 0.3) is 11.2 Å². The van der Waals surface area contributed by atoms with Gasteiger partial charge in [-0.15, -0.1) is 0 Å². The third kappa shape index (κ3) is 4.73. The van der Waals surface area contributed by atoms with Crippen molar-refractivity contribution in [2.45, 2.75) is 31.0 Å². The highest BCUT2D eigenvalue weighted by molar-refractivity contribution is 7.49. The van der Waals surface area contributed by atoms with Crippen LogP contribution in [0.5, 0.6) is 40.4 Å². The Balaban J connectivity index is 1.17. The molecule has 232 valence electrons. The number of nitrogen functional groups attached to an aromatic ring is 1. The standard InChI is InChI=1S/C26H25FN5O11P/c1-26(27)21(33)17(41-24(26)32-10-29-18-22(32)30-25(28)31-23(18)35-2)9-40-44(34,42-15-7-3-5-13-19(15)38-11-36-13)43-16-8-4-6-14-20(16)39-12-37-14/h3-8,10,17,21,24,33H,9,11-12H2,1-2H3,(H2,28,30,31)/t17-,21-,24-,26-/m1/s1. The molecule has 4 atom stereocenters. The van der Waals surface area contributed by atoms with Gasteiger partial charge in [0, 0.05) is 0 Å². The number of rotatable bonds is 9. The average molecular weight is 633 g/mol. The lowest BCUT2D eigenvalue weighted by atomic mass is 9.98. The second-order valence-electron chi connectivity index (χ2n) is 9.94.